The van der Waals surface area contributed by atoms with Crippen molar-refractivity contribution in [3.63, 3.8) is 0 Å². The topological polar surface area (TPSA) is 43.8 Å². The summed E-state index contributed by atoms with van der Waals surface area (Å²) < 4.78 is 2.04. The molecule has 2 aromatic rings. The van der Waals surface area contributed by atoms with Crippen molar-refractivity contribution in [3.05, 3.63) is 40.1 Å². The molecule has 0 aliphatic rings. The zero-order valence-electron chi connectivity index (χ0n) is 8.10. The molecule has 2 heterocycles. The van der Waals surface area contributed by atoms with Crippen LogP contribution < -0.4 is 5.73 Å². The molecule has 0 amide bonds. The molecule has 0 aliphatic heterocycles. The number of hydrogen-bond donors (Lipinski definition) is 1. The molecular formula is C10H13N3S. The summed E-state index contributed by atoms with van der Waals surface area (Å²) >= 11 is 1.72. The molecule has 0 fully saturated rings. The maximum atomic E-state index is 5.65. The summed E-state index contributed by atoms with van der Waals surface area (Å²) in [5.41, 5.74) is 6.94. The van der Waals surface area contributed by atoms with Gasteiger partial charge in [-0.2, -0.15) is 0 Å². The van der Waals surface area contributed by atoms with Gasteiger partial charge in [0.15, 0.2) is 0 Å². The van der Waals surface area contributed by atoms with Crippen molar-refractivity contribution in [2.24, 2.45) is 12.8 Å². The largest absolute Gasteiger partial charge is 0.338 e. The van der Waals surface area contributed by atoms with E-state index in [1.807, 2.05) is 24.0 Å². The Balaban J connectivity index is 2.22. The van der Waals surface area contributed by atoms with E-state index in [2.05, 4.69) is 16.4 Å². The molecule has 0 spiro atoms. The second-order valence-electron chi connectivity index (χ2n) is 3.20. The van der Waals surface area contributed by atoms with Gasteiger partial charge in [0.25, 0.3) is 0 Å². The van der Waals surface area contributed by atoms with Crippen LogP contribution in [-0.4, -0.2) is 9.55 Å². The van der Waals surface area contributed by atoms with E-state index >= 15 is 0 Å². The van der Waals surface area contributed by atoms with E-state index in [0.717, 1.165) is 12.2 Å². The first-order valence-electron chi connectivity index (χ1n) is 4.52. The van der Waals surface area contributed by atoms with Crippen molar-refractivity contribution in [1.82, 2.24) is 9.55 Å². The molecular weight excluding hydrogens is 194 g/mol. The van der Waals surface area contributed by atoms with Gasteiger partial charge < -0.3 is 10.3 Å². The highest BCUT2D eigenvalue weighted by Gasteiger charge is 2.06. The lowest BCUT2D eigenvalue weighted by Gasteiger charge is -2.02. The number of nitrogens with two attached hydrogens (primary N) is 1. The van der Waals surface area contributed by atoms with E-state index in [1.165, 1.54) is 10.4 Å². The molecule has 4 heteroatoms. The van der Waals surface area contributed by atoms with Crippen molar-refractivity contribution in [2.45, 2.75) is 13.0 Å². The SMILES string of the molecule is Cn1ccnc1Cc1ccsc1CN. The number of imidazole rings is 1. The molecule has 0 atom stereocenters. The fraction of sp³-hybridized carbons (Fsp3) is 0.300. The second-order valence-corrected chi connectivity index (χ2v) is 4.20. The Hall–Kier alpha value is -1.13. The van der Waals surface area contributed by atoms with Crippen molar-refractivity contribution in [3.8, 4) is 0 Å². The van der Waals surface area contributed by atoms with E-state index in [4.69, 9.17) is 5.73 Å². The average Bonchev–Trinajstić information content (AvgIpc) is 2.77. The van der Waals surface area contributed by atoms with Gasteiger partial charge >= 0.3 is 0 Å². The van der Waals surface area contributed by atoms with E-state index in [1.54, 1.807) is 11.3 Å². The molecule has 0 unspecified atom stereocenters. The first-order chi connectivity index (χ1) is 6.81. The number of aryl methyl sites for hydroxylation is 1. The smallest absolute Gasteiger partial charge is 0.112 e. The number of nitrogens with zero attached hydrogens (tertiary/aromatic N) is 2. The highest BCUT2D eigenvalue weighted by Crippen LogP contribution is 2.18. The van der Waals surface area contributed by atoms with Crippen molar-refractivity contribution in [1.29, 1.82) is 0 Å². The lowest BCUT2D eigenvalue weighted by atomic mass is 10.2. The lowest BCUT2D eigenvalue weighted by molar-refractivity contribution is 0.819. The van der Waals surface area contributed by atoms with Crippen LogP contribution in [0.3, 0.4) is 0 Å². The molecule has 3 nitrogen and oxygen atoms in total. The Morgan fingerprint density at radius 1 is 1.57 bits per heavy atom. The molecule has 0 saturated carbocycles. The summed E-state index contributed by atoms with van der Waals surface area (Å²) in [5.74, 6) is 1.08. The fourth-order valence-electron chi connectivity index (χ4n) is 1.44. The van der Waals surface area contributed by atoms with Gasteiger partial charge in [-0.25, -0.2) is 4.98 Å². The molecule has 0 aliphatic carbocycles. The molecule has 0 saturated heterocycles. The quantitative estimate of drug-likeness (QED) is 0.829. The maximum Gasteiger partial charge on any atom is 0.112 e. The second kappa shape index (κ2) is 3.94. The molecule has 14 heavy (non-hydrogen) atoms. The molecule has 0 bridgehead atoms. The van der Waals surface area contributed by atoms with Crippen LogP contribution in [0.25, 0.3) is 0 Å². The number of rotatable bonds is 3. The fourth-order valence-corrected chi connectivity index (χ4v) is 2.23. The van der Waals surface area contributed by atoms with Gasteiger partial charge in [-0.15, -0.1) is 11.3 Å². The Morgan fingerprint density at radius 3 is 3.07 bits per heavy atom. The first kappa shape index (κ1) is 9.43. The van der Waals surface area contributed by atoms with Gasteiger partial charge in [0, 0.05) is 37.3 Å². The summed E-state index contributed by atoms with van der Waals surface area (Å²) in [6.45, 7) is 0.622. The van der Waals surface area contributed by atoms with Gasteiger partial charge in [-0.05, 0) is 17.0 Å². The highest BCUT2D eigenvalue weighted by molar-refractivity contribution is 7.10. The Bertz CT molecular complexity index is 416. The third-order valence-corrected chi connectivity index (χ3v) is 3.28. The first-order valence-corrected chi connectivity index (χ1v) is 5.40. The van der Waals surface area contributed by atoms with Crippen LogP contribution in [0.1, 0.15) is 16.3 Å². The summed E-state index contributed by atoms with van der Waals surface area (Å²) in [4.78, 5) is 5.55. The van der Waals surface area contributed by atoms with Crippen molar-refractivity contribution in [2.75, 3.05) is 0 Å². The van der Waals surface area contributed by atoms with Crippen LogP contribution in [0, 0.1) is 0 Å². The Morgan fingerprint density at radius 2 is 2.43 bits per heavy atom. The van der Waals surface area contributed by atoms with Gasteiger partial charge in [0.2, 0.25) is 0 Å². The van der Waals surface area contributed by atoms with Gasteiger partial charge in [-0.1, -0.05) is 0 Å². The number of aromatic nitrogens is 2. The lowest BCUT2D eigenvalue weighted by Crippen LogP contribution is -2.02. The Labute approximate surface area is 87.2 Å². The molecule has 2 aromatic heterocycles. The van der Waals surface area contributed by atoms with Gasteiger partial charge in [-0.3, -0.25) is 0 Å². The van der Waals surface area contributed by atoms with Crippen molar-refractivity contribution >= 4 is 11.3 Å². The van der Waals surface area contributed by atoms with Crippen molar-refractivity contribution < 1.29 is 0 Å². The van der Waals surface area contributed by atoms with E-state index in [-0.39, 0.29) is 0 Å². The molecule has 74 valence electrons. The zero-order chi connectivity index (χ0) is 9.97. The zero-order valence-corrected chi connectivity index (χ0v) is 8.92. The van der Waals surface area contributed by atoms with Crippen LogP contribution in [0.4, 0.5) is 0 Å². The van der Waals surface area contributed by atoms with Gasteiger partial charge in [0.1, 0.15) is 5.82 Å². The standard InChI is InChI=1S/C10H13N3S/c1-13-4-3-12-10(13)6-8-2-5-14-9(8)7-11/h2-5H,6-7,11H2,1H3. The van der Waals surface area contributed by atoms with Crippen LogP contribution in [-0.2, 0) is 20.0 Å². The molecule has 0 aromatic carbocycles. The predicted molar refractivity (Wildman–Crippen MR) is 58.2 cm³/mol. The molecule has 2 N–H and O–H groups in total. The number of hydrogen-bond acceptors (Lipinski definition) is 3. The van der Waals surface area contributed by atoms with E-state index in [0.29, 0.717) is 6.54 Å². The monoisotopic (exact) mass is 207 g/mol. The van der Waals surface area contributed by atoms with Crippen LogP contribution >= 0.6 is 11.3 Å². The minimum atomic E-state index is 0.622. The molecule has 2 rings (SSSR count). The van der Waals surface area contributed by atoms with Gasteiger partial charge in [0.05, 0.1) is 0 Å². The summed E-state index contributed by atoms with van der Waals surface area (Å²) in [7, 11) is 2.01. The predicted octanol–water partition coefficient (Wildman–Crippen LogP) is 1.53. The Kier molecular flexibility index (Phi) is 2.65. The third kappa shape index (κ3) is 1.71. The van der Waals surface area contributed by atoms with E-state index in [9.17, 15) is 0 Å². The third-order valence-electron chi connectivity index (χ3n) is 2.29. The minimum Gasteiger partial charge on any atom is -0.338 e. The summed E-state index contributed by atoms with van der Waals surface area (Å²) in [5, 5.41) is 2.08. The van der Waals surface area contributed by atoms with Crippen LogP contribution in [0.2, 0.25) is 0 Å². The van der Waals surface area contributed by atoms with Crippen LogP contribution in [0.15, 0.2) is 23.8 Å². The maximum absolute atomic E-state index is 5.65. The van der Waals surface area contributed by atoms with E-state index < -0.39 is 0 Å². The van der Waals surface area contributed by atoms with Crippen LogP contribution in [0.5, 0.6) is 0 Å². The molecule has 0 radical (unpaired) electrons. The highest BCUT2D eigenvalue weighted by atomic mass is 32.1. The normalized spacial score (nSPS) is 10.7. The minimum absolute atomic E-state index is 0.622. The summed E-state index contributed by atoms with van der Waals surface area (Å²) in [6, 6.07) is 2.13. The number of thiophene rings is 1. The average molecular weight is 207 g/mol. The summed E-state index contributed by atoms with van der Waals surface area (Å²) in [6.07, 6.45) is 4.66.